The second-order valence-corrected chi connectivity index (χ2v) is 11.2. The number of rotatable bonds is 8. The van der Waals surface area contributed by atoms with Gasteiger partial charge in [-0.05, 0) is 36.3 Å². The van der Waals surface area contributed by atoms with Gasteiger partial charge < -0.3 is 9.84 Å². The molecule has 34 heavy (non-hydrogen) atoms. The number of thiazole rings is 1. The van der Waals surface area contributed by atoms with E-state index in [1.165, 1.54) is 23.5 Å². The largest absolute Gasteiger partial charge is 0.481 e. The van der Waals surface area contributed by atoms with Gasteiger partial charge in [0.25, 0.3) is 0 Å². The summed E-state index contributed by atoms with van der Waals surface area (Å²) in [6, 6.07) is 6.46. The van der Waals surface area contributed by atoms with Crippen LogP contribution in [0.2, 0.25) is 0 Å². The minimum atomic E-state index is -3.02. The van der Waals surface area contributed by atoms with Gasteiger partial charge in [-0.25, -0.2) is 4.98 Å². The standard InChI is InChI=1S/C25H31F2N3O3S/c1-5-9-25(22(31)32)10-17(24(2,3)4)13-30(15-25)14-18-12-29-21(34-18)20-16(11-28)7-6-8-19(20)33-23(26)27/h6-8,12,17,23H,5,9-10,13-15H2,1-4H3,(H,31,32)/t17-,25-/m1/s1. The lowest BCUT2D eigenvalue weighted by atomic mass is 9.65. The molecule has 1 aromatic heterocycles. The molecule has 0 bridgehead atoms. The molecule has 0 radical (unpaired) electrons. The summed E-state index contributed by atoms with van der Waals surface area (Å²) in [4.78, 5) is 19.8. The number of ether oxygens (including phenoxy) is 1. The Kier molecular flexibility index (Phi) is 7.94. The average Bonchev–Trinajstić information content (AvgIpc) is 3.20. The number of aliphatic carboxylic acids is 1. The summed E-state index contributed by atoms with van der Waals surface area (Å²) in [5.74, 6) is -0.634. The van der Waals surface area contributed by atoms with Crippen LogP contribution in [0, 0.1) is 28.1 Å². The maximum absolute atomic E-state index is 12.9. The van der Waals surface area contributed by atoms with Crippen molar-refractivity contribution in [3.05, 3.63) is 34.8 Å². The monoisotopic (exact) mass is 491 g/mol. The predicted molar refractivity (Wildman–Crippen MR) is 127 cm³/mol. The van der Waals surface area contributed by atoms with Gasteiger partial charge in [-0.2, -0.15) is 14.0 Å². The summed E-state index contributed by atoms with van der Waals surface area (Å²) in [5, 5.41) is 20.1. The molecule has 0 amide bonds. The van der Waals surface area contributed by atoms with Gasteiger partial charge in [0.2, 0.25) is 0 Å². The van der Waals surface area contributed by atoms with Crippen molar-refractivity contribution >= 4 is 17.3 Å². The molecule has 9 heteroatoms. The number of nitriles is 1. The number of benzene rings is 1. The summed E-state index contributed by atoms with van der Waals surface area (Å²) in [6.07, 6.45) is 3.72. The molecule has 0 saturated carbocycles. The molecule has 3 rings (SSSR count). The maximum atomic E-state index is 12.9. The van der Waals surface area contributed by atoms with Crippen LogP contribution >= 0.6 is 11.3 Å². The zero-order chi connectivity index (χ0) is 25.1. The topological polar surface area (TPSA) is 86.5 Å². The van der Waals surface area contributed by atoms with Crippen molar-refractivity contribution in [2.45, 2.75) is 60.1 Å². The van der Waals surface area contributed by atoms with Crippen molar-refractivity contribution < 1.29 is 23.4 Å². The van der Waals surface area contributed by atoms with E-state index in [0.29, 0.717) is 30.9 Å². The van der Waals surface area contributed by atoms with Crippen molar-refractivity contribution in [2.75, 3.05) is 13.1 Å². The molecule has 2 aromatic rings. The molecule has 0 aliphatic carbocycles. The van der Waals surface area contributed by atoms with E-state index in [0.717, 1.165) is 17.8 Å². The van der Waals surface area contributed by atoms with Crippen LogP contribution in [-0.4, -0.2) is 40.7 Å². The molecule has 1 fully saturated rings. The number of nitrogens with zero attached hydrogens (tertiary/aromatic N) is 3. The highest BCUT2D eigenvalue weighted by Crippen LogP contribution is 2.45. The number of halogens is 2. The van der Waals surface area contributed by atoms with Gasteiger partial charge in [-0.3, -0.25) is 9.69 Å². The number of aromatic nitrogens is 1. The number of hydrogen-bond acceptors (Lipinski definition) is 6. The number of carbonyl (C=O) groups is 1. The fourth-order valence-electron chi connectivity index (χ4n) is 4.78. The molecular formula is C25H31F2N3O3S. The van der Waals surface area contributed by atoms with Gasteiger partial charge in [0.05, 0.1) is 16.5 Å². The summed E-state index contributed by atoms with van der Waals surface area (Å²) in [5.41, 5.74) is -0.389. The molecule has 1 aliphatic rings. The Morgan fingerprint density at radius 2 is 2.18 bits per heavy atom. The summed E-state index contributed by atoms with van der Waals surface area (Å²) < 4.78 is 30.5. The molecule has 0 spiro atoms. The summed E-state index contributed by atoms with van der Waals surface area (Å²) in [7, 11) is 0. The Balaban J connectivity index is 1.91. The van der Waals surface area contributed by atoms with Gasteiger partial charge >= 0.3 is 12.6 Å². The highest BCUT2D eigenvalue weighted by atomic mass is 32.1. The van der Waals surface area contributed by atoms with Crippen molar-refractivity contribution in [1.82, 2.24) is 9.88 Å². The third kappa shape index (κ3) is 5.73. The number of likely N-dealkylation sites (tertiary alicyclic amines) is 1. The third-order valence-corrected chi connectivity index (χ3v) is 7.56. The van der Waals surface area contributed by atoms with Crippen LogP contribution in [0.25, 0.3) is 10.6 Å². The lowest BCUT2D eigenvalue weighted by molar-refractivity contribution is -0.156. The number of carboxylic acid groups (broad SMARTS) is 1. The fourth-order valence-corrected chi connectivity index (χ4v) is 5.80. The van der Waals surface area contributed by atoms with E-state index in [4.69, 9.17) is 0 Å². The SMILES string of the molecule is CCC[C@@]1(C(=O)O)C[C@@H](C(C)(C)C)CN(Cc2cnc(-c3c(C#N)cccc3OC(F)F)s2)C1. The Morgan fingerprint density at radius 1 is 1.44 bits per heavy atom. The van der Waals surface area contributed by atoms with E-state index < -0.39 is 18.0 Å². The van der Waals surface area contributed by atoms with Gasteiger partial charge in [-0.15, -0.1) is 11.3 Å². The molecule has 184 valence electrons. The lowest BCUT2D eigenvalue weighted by Crippen LogP contribution is -2.53. The van der Waals surface area contributed by atoms with Gasteiger partial charge in [0.1, 0.15) is 16.8 Å². The smallest absolute Gasteiger partial charge is 0.387 e. The molecule has 2 heterocycles. The summed E-state index contributed by atoms with van der Waals surface area (Å²) >= 11 is 1.30. The highest BCUT2D eigenvalue weighted by molar-refractivity contribution is 7.15. The lowest BCUT2D eigenvalue weighted by Gasteiger charge is -2.48. The van der Waals surface area contributed by atoms with Crippen LogP contribution in [0.3, 0.4) is 0 Å². The first-order valence-electron chi connectivity index (χ1n) is 11.4. The second kappa shape index (κ2) is 10.4. The Labute approximate surface area is 203 Å². The zero-order valence-corrected chi connectivity index (χ0v) is 20.8. The average molecular weight is 492 g/mol. The molecule has 1 aliphatic heterocycles. The molecule has 1 N–H and O–H groups in total. The van der Waals surface area contributed by atoms with Crippen LogP contribution in [0.15, 0.2) is 24.4 Å². The minimum absolute atomic E-state index is 0.0424. The first-order chi connectivity index (χ1) is 16.0. The van der Waals surface area contributed by atoms with Crippen LogP contribution in [-0.2, 0) is 11.3 Å². The Hall–Kier alpha value is -2.57. The van der Waals surface area contributed by atoms with Crippen molar-refractivity contribution in [3.63, 3.8) is 0 Å². The van der Waals surface area contributed by atoms with Crippen molar-refractivity contribution in [3.8, 4) is 22.4 Å². The number of alkyl halides is 2. The van der Waals surface area contributed by atoms with Crippen LogP contribution in [0.5, 0.6) is 5.75 Å². The van der Waals surface area contributed by atoms with Gasteiger partial charge in [0.15, 0.2) is 0 Å². The van der Waals surface area contributed by atoms with E-state index in [1.807, 2.05) is 13.0 Å². The van der Waals surface area contributed by atoms with E-state index in [9.17, 15) is 23.9 Å². The van der Waals surface area contributed by atoms with Crippen LogP contribution < -0.4 is 4.74 Å². The van der Waals surface area contributed by atoms with Gasteiger partial charge in [0, 0.05) is 30.7 Å². The number of carboxylic acids is 1. The molecule has 6 nitrogen and oxygen atoms in total. The molecule has 1 aromatic carbocycles. The van der Waals surface area contributed by atoms with E-state index in [1.54, 1.807) is 12.3 Å². The highest BCUT2D eigenvalue weighted by Gasteiger charge is 2.47. The normalized spacial score (nSPS) is 21.4. The van der Waals surface area contributed by atoms with Crippen LogP contribution in [0.1, 0.15) is 57.4 Å². The van der Waals surface area contributed by atoms with E-state index in [2.05, 4.69) is 35.4 Å². The Bertz CT molecular complexity index is 1060. The van der Waals surface area contributed by atoms with Gasteiger partial charge in [-0.1, -0.05) is 40.2 Å². The molecule has 0 unspecified atom stereocenters. The predicted octanol–water partition coefficient (Wildman–Crippen LogP) is 6.02. The fraction of sp³-hybridized carbons (Fsp3) is 0.560. The molecule has 2 atom stereocenters. The van der Waals surface area contributed by atoms with Crippen LogP contribution in [0.4, 0.5) is 8.78 Å². The molecular weight excluding hydrogens is 460 g/mol. The molecule has 1 saturated heterocycles. The van der Waals surface area contributed by atoms with E-state index in [-0.39, 0.29) is 28.2 Å². The van der Waals surface area contributed by atoms with Crippen molar-refractivity contribution in [2.24, 2.45) is 16.7 Å². The minimum Gasteiger partial charge on any atom is -0.481 e. The van der Waals surface area contributed by atoms with E-state index >= 15 is 0 Å². The first-order valence-corrected chi connectivity index (χ1v) is 12.2. The first kappa shape index (κ1) is 26.0. The third-order valence-electron chi connectivity index (χ3n) is 6.56. The summed E-state index contributed by atoms with van der Waals surface area (Å²) in [6.45, 7) is 7.15. The second-order valence-electron chi connectivity index (χ2n) is 10.1. The quantitative estimate of drug-likeness (QED) is 0.486. The van der Waals surface area contributed by atoms with Crippen molar-refractivity contribution in [1.29, 1.82) is 5.26 Å². The maximum Gasteiger partial charge on any atom is 0.387 e. The number of hydrogen-bond donors (Lipinski definition) is 1. The Morgan fingerprint density at radius 3 is 2.76 bits per heavy atom. The number of piperidine rings is 1. The zero-order valence-electron chi connectivity index (χ0n) is 20.0.